The maximum absolute atomic E-state index is 13.4. The summed E-state index contributed by atoms with van der Waals surface area (Å²) in [5, 5.41) is 0. The molecule has 232 valence electrons. The SMILES string of the molecule is COc1ccc(C#CC[C@H](OC(=O)c2ccc(Br)cc2)[C@H](OC(=O)c2ccc(Br)cc2)c2ccc(OC)c(OC)c2)cc1OC. The summed E-state index contributed by atoms with van der Waals surface area (Å²) >= 11 is 6.77. The molecule has 0 saturated carbocycles. The highest BCUT2D eigenvalue weighted by molar-refractivity contribution is 9.10. The van der Waals surface area contributed by atoms with E-state index in [0.29, 0.717) is 45.3 Å². The molecule has 4 aromatic rings. The van der Waals surface area contributed by atoms with E-state index in [1.807, 2.05) is 0 Å². The summed E-state index contributed by atoms with van der Waals surface area (Å²) in [5.41, 5.74) is 1.80. The van der Waals surface area contributed by atoms with Crippen LogP contribution in [0.25, 0.3) is 0 Å². The van der Waals surface area contributed by atoms with Gasteiger partial charge < -0.3 is 28.4 Å². The van der Waals surface area contributed by atoms with Crippen LogP contribution in [-0.4, -0.2) is 46.5 Å². The van der Waals surface area contributed by atoms with Crippen LogP contribution in [-0.2, 0) is 9.47 Å². The van der Waals surface area contributed by atoms with Crippen LogP contribution in [0, 0.1) is 11.8 Å². The molecule has 0 bridgehead atoms. The van der Waals surface area contributed by atoms with E-state index in [9.17, 15) is 9.59 Å². The molecule has 0 radical (unpaired) electrons. The Bertz CT molecular complexity index is 1690. The molecule has 0 N–H and O–H groups in total. The van der Waals surface area contributed by atoms with E-state index in [-0.39, 0.29) is 6.42 Å². The molecule has 0 spiro atoms. The topological polar surface area (TPSA) is 89.5 Å². The molecular weight excluding hydrogens is 708 g/mol. The molecule has 45 heavy (non-hydrogen) atoms. The summed E-state index contributed by atoms with van der Waals surface area (Å²) in [6, 6.07) is 23.9. The van der Waals surface area contributed by atoms with Gasteiger partial charge in [-0.05, 0) is 78.9 Å². The third-order valence-electron chi connectivity index (χ3n) is 6.65. The summed E-state index contributed by atoms with van der Waals surface area (Å²) < 4.78 is 35.4. The van der Waals surface area contributed by atoms with Gasteiger partial charge in [-0.15, -0.1) is 0 Å². The zero-order chi connectivity index (χ0) is 32.3. The van der Waals surface area contributed by atoms with Gasteiger partial charge in [-0.3, -0.25) is 0 Å². The number of benzene rings is 4. The lowest BCUT2D eigenvalue weighted by Gasteiger charge is -2.27. The highest BCUT2D eigenvalue weighted by Gasteiger charge is 2.32. The van der Waals surface area contributed by atoms with Crippen molar-refractivity contribution in [1.29, 1.82) is 0 Å². The first kappa shape index (κ1) is 33.4. The quantitative estimate of drug-likeness (QED) is 0.114. The van der Waals surface area contributed by atoms with Crippen molar-refractivity contribution in [1.82, 2.24) is 0 Å². The third kappa shape index (κ3) is 8.81. The fourth-order valence-corrected chi connectivity index (χ4v) is 4.86. The minimum Gasteiger partial charge on any atom is -0.493 e. The van der Waals surface area contributed by atoms with Crippen LogP contribution in [0.1, 0.15) is 44.4 Å². The van der Waals surface area contributed by atoms with Crippen LogP contribution >= 0.6 is 31.9 Å². The Kier molecular flexibility index (Phi) is 11.9. The predicted molar refractivity (Wildman–Crippen MR) is 176 cm³/mol. The number of hydrogen-bond acceptors (Lipinski definition) is 8. The fraction of sp³-hybridized carbons (Fsp3) is 0.200. The molecular formula is C35H30Br2O8. The molecule has 4 aromatic carbocycles. The Morgan fingerprint density at radius 1 is 0.622 bits per heavy atom. The zero-order valence-electron chi connectivity index (χ0n) is 25.0. The summed E-state index contributed by atoms with van der Waals surface area (Å²) in [7, 11) is 6.12. The lowest BCUT2D eigenvalue weighted by molar-refractivity contribution is -0.0357. The molecule has 0 amide bonds. The van der Waals surface area contributed by atoms with Crippen LogP contribution in [0.5, 0.6) is 23.0 Å². The number of carbonyl (C=O) groups excluding carboxylic acids is 2. The van der Waals surface area contributed by atoms with Crippen LogP contribution in [0.2, 0.25) is 0 Å². The van der Waals surface area contributed by atoms with Crippen molar-refractivity contribution in [2.75, 3.05) is 28.4 Å². The Morgan fingerprint density at radius 2 is 1.11 bits per heavy atom. The van der Waals surface area contributed by atoms with E-state index >= 15 is 0 Å². The number of methoxy groups -OCH3 is 4. The summed E-state index contributed by atoms with van der Waals surface area (Å²) in [6.45, 7) is 0. The Balaban J connectivity index is 1.76. The van der Waals surface area contributed by atoms with Crippen molar-refractivity contribution in [2.45, 2.75) is 18.6 Å². The first-order chi connectivity index (χ1) is 21.8. The predicted octanol–water partition coefficient (Wildman–Crippen LogP) is 7.81. The molecule has 4 rings (SSSR count). The molecule has 0 aliphatic rings. The third-order valence-corrected chi connectivity index (χ3v) is 7.70. The number of hydrogen-bond donors (Lipinski definition) is 0. The molecule has 0 unspecified atom stereocenters. The van der Waals surface area contributed by atoms with Crippen molar-refractivity contribution in [3.8, 4) is 34.8 Å². The van der Waals surface area contributed by atoms with Gasteiger partial charge in [0.1, 0.15) is 0 Å². The lowest BCUT2D eigenvalue weighted by atomic mass is 10.0. The van der Waals surface area contributed by atoms with Crippen LogP contribution < -0.4 is 18.9 Å². The number of rotatable bonds is 11. The molecule has 0 aliphatic carbocycles. The highest BCUT2D eigenvalue weighted by atomic mass is 79.9. The van der Waals surface area contributed by atoms with Crippen LogP contribution in [0.15, 0.2) is 93.9 Å². The minimum atomic E-state index is -1.07. The summed E-state index contributed by atoms with van der Waals surface area (Å²) in [6.07, 6.45) is -2.07. The van der Waals surface area contributed by atoms with Gasteiger partial charge in [-0.1, -0.05) is 49.8 Å². The van der Waals surface area contributed by atoms with Gasteiger partial charge in [0.05, 0.1) is 46.0 Å². The average Bonchev–Trinajstić information content (AvgIpc) is 3.06. The van der Waals surface area contributed by atoms with Crippen LogP contribution in [0.4, 0.5) is 0 Å². The molecule has 0 fully saturated rings. The van der Waals surface area contributed by atoms with Gasteiger partial charge in [0.25, 0.3) is 0 Å². The number of ether oxygens (including phenoxy) is 6. The number of carbonyl (C=O) groups is 2. The average molecular weight is 738 g/mol. The second-order valence-electron chi connectivity index (χ2n) is 9.47. The second-order valence-corrected chi connectivity index (χ2v) is 11.3. The molecule has 0 aromatic heterocycles. The van der Waals surface area contributed by atoms with Gasteiger partial charge in [0.2, 0.25) is 0 Å². The summed E-state index contributed by atoms with van der Waals surface area (Å²) in [4.78, 5) is 26.8. The van der Waals surface area contributed by atoms with E-state index in [1.54, 1.807) is 99.1 Å². The monoisotopic (exact) mass is 736 g/mol. The van der Waals surface area contributed by atoms with Crippen molar-refractivity contribution in [3.05, 3.63) is 116 Å². The van der Waals surface area contributed by atoms with Gasteiger partial charge >= 0.3 is 11.9 Å². The highest BCUT2D eigenvalue weighted by Crippen LogP contribution is 2.35. The maximum atomic E-state index is 13.4. The smallest absolute Gasteiger partial charge is 0.338 e. The van der Waals surface area contributed by atoms with E-state index in [0.717, 1.165) is 8.95 Å². The second kappa shape index (κ2) is 16.0. The molecule has 8 nitrogen and oxygen atoms in total. The van der Waals surface area contributed by atoms with Crippen molar-refractivity contribution in [2.24, 2.45) is 0 Å². The Hall–Kier alpha value is -4.46. The molecule has 0 aliphatic heterocycles. The summed E-state index contributed by atoms with van der Waals surface area (Å²) in [5.74, 6) is 6.95. The number of halogens is 2. The van der Waals surface area contributed by atoms with Crippen molar-refractivity contribution in [3.63, 3.8) is 0 Å². The van der Waals surface area contributed by atoms with Gasteiger partial charge in [-0.25, -0.2) is 9.59 Å². The molecule has 2 atom stereocenters. The molecule has 0 saturated heterocycles. The first-order valence-corrected chi connectivity index (χ1v) is 15.2. The maximum Gasteiger partial charge on any atom is 0.338 e. The molecule has 10 heteroatoms. The fourth-order valence-electron chi connectivity index (χ4n) is 4.33. The van der Waals surface area contributed by atoms with E-state index in [2.05, 4.69) is 43.7 Å². The van der Waals surface area contributed by atoms with Gasteiger partial charge in [0.15, 0.2) is 35.2 Å². The molecule has 0 heterocycles. The Labute approximate surface area is 278 Å². The first-order valence-electron chi connectivity index (χ1n) is 13.6. The minimum absolute atomic E-state index is 0.0171. The van der Waals surface area contributed by atoms with Crippen molar-refractivity contribution < 1.29 is 38.0 Å². The zero-order valence-corrected chi connectivity index (χ0v) is 28.1. The lowest BCUT2D eigenvalue weighted by Crippen LogP contribution is -2.29. The number of esters is 2. The van der Waals surface area contributed by atoms with E-state index in [1.165, 1.54) is 14.2 Å². The van der Waals surface area contributed by atoms with Crippen molar-refractivity contribution >= 4 is 43.8 Å². The standard InChI is InChI=1S/C35H30Br2O8/c1-40-28-18-8-22(20-31(28)42-3)6-5-7-30(44-34(38)23-9-14-26(36)15-10-23)33(25-13-19-29(41-2)32(21-25)43-4)45-35(39)24-11-16-27(37)17-12-24/h8-21,30,33H,7H2,1-4H3/t30-,33+/m0/s1. The van der Waals surface area contributed by atoms with E-state index < -0.39 is 24.1 Å². The van der Waals surface area contributed by atoms with Gasteiger partial charge in [0, 0.05) is 20.1 Å². The Morgan fingerprint density at radius 3 is 1.64 bits per heavy atom. The normalized spacial score (nSPS) is 11.7. The van der Waals surface area contributed by atoms with Gasteiger partial charge in [-0.2, -0.15) is 0 Å². The largest absolute Gasteiger partial charge is 0.493 e. The van der Waals surface area contributed by atoms with Crippen LogP contribution in [0.3, 0.4) is 0 Å². The van der Waals surface area contributed by atoms with E-state index in [4.69, 9.17) is 28.4 Å².